The molecule has 4 aliphatic rings. The highest BCUT2D eigenvalue weighted by Gasteiger charge is 2.58. The number of nitrogens with one attached hydrogen (secondary N) is 1. The highest BCUT2D eigenvalue weighted by molar-refractivity contribution is 6.33. The van der Waals surface area contributed by atoms with Crippen LogP contribution in [0.25, 0.3) is 11.3 Å². The Morgan fingerprint density at radius 2 is 1.79 bits per heavy atom. The van der Waals surface area contributed by atoms with E-state index < -0.39 is 0 Å². The lowest BCUT2D eigenvalue weighted by atomic mass is 9.47. The van der Waals surface area contributed by atoms with Gasteiger partial charge in [-0.15, -0.1) is 0 Å². The number of rotatable bonds is 4. The van der Waals surface area contributed by atoms with Gasteiger partial charge in [-0.05, 0) is 68.1 Å². The van der Waals surface area contributed by atoms with E-state index in [-0.39, 0.29) is 23.3 Å². The molecule has 2 amide bonds. The summed E-state index contributed by atoms with van der Waals surface area (Å²) in [6.45, 7) is 0. The number of aromatic nitrogens is 1. The second-order valence-corrected chi connectivity index (χ2v) is 9.66. The number of halogens is 1. The Morgan fingerprint density at radius 1 is 1.10 bits per heavy atom. The van der Waals surface area contributed by atoms with Crippen LogP contribution >= 0.6 is 11.6 Å². The van der Waals surface area contributed by atoms with Gasteiger partial charge >= 0.3 is 0 Å². The maximum Gasteiger partial charge on any atom is 0.268 e. The predicted molar refractivity (Wildman–Crippen MR) is 112 cm³/mol. The molecule has 3 N–H and O–H groups in total. The van der Waals surface area contributed by atoms with E-state index in [4.69, 9.17) is 17.3 Å². The second kappa shape index (κ2) is 6.63. The van der Waals surface area contributed by atoms with E-state index in [0.717, 1.165) is 43.4 Å². The lowest BCUT2D eigenvalue weighted by Gasteiger charge is -2.58. The molecular formula is C23H26ClN3O2. The first-order valence-electron chi connectivity index (χ1n) is 10.4. The molecule has 1 heterocycles. The van der Waals surface area contributed by atoms with Crippen LogP contribution in [0.3, 0.4) is 0 Å². The number of nitrogens with zero attached hydrogens (tertiary/aromatic N) is 1. The summed E-state index contributed by atoms with van der Waals surface area (Å²) >= 11 is 6.34. The molecule has 4 aliphatic carbocycles. The van der Waals surface area contributed by atoms with Crippen LogP contribution in [0.1, 0.15) is 42.6 Å². The fraction of sp³-hybridized carbons (Fsp3) is 0.478. The number of hydrogen-bond donors (Lipinski definition) is 2. The molecule has 4 saturated carbocycles. The predicted octanol–water partition coefficient (Wildman–Crippen LogP) is 3.76. The summed E-state index contributed by atoms with van der Waals surface area (Å²) in [7, 11) is 1.90. The Morgan fingerprint density at radius 3 is 2.45 bits per heavy atom. The quantitative estimate of drug-likeness (QED) is 0.803. The Kier molecular flexibility index (Phi) is 4.28. The number of carbonyl (C=O) groups excluding carboxylic acids is 2. The Balaban J connectivity index is 1.37. The van der Waals surface area contributed by atoms with E-state index in [1.54, 1.807) is 0 Å². The third-order valence-electron chi connectivity index (χ3n) is 7.60. The number of carbonyl (C=O) groups is 2. The number of primary amides is 1. The average molecular weight is 412 g/mol. The van der Waals surface area contributed by atoms with Crippen LogP contribution in [0.15, 0.2) is 36.4 Å². The standard InChI is InChI=1S/C23H26ClN3O2/c1-27-18(16-4-2-3-5-17(16)24)6-7-19(27)21(28)26-20-14-8-13-9-15(20)12-23(10-13,11-14)22(25)29/h2-7,13-15,20H,8-12H2,1H3,(H2,25,29)(H,26,28)/t13?,14?,15?,20-,23-. The zero-order chi connectivity index (χ0) is 20.3. The van der Waals surface area contributed by atoms with Crippen molar-refractivity contribution in [1.29, 1.82) is 0 Å². The van der Waals surface area contributed by atoms with E-state index in [1.807, 2.05) is 48.0 Å². The number of hydrogen-bond acceptors (Lipinski definition) is 2. The minimum absolute atomic E-state index is 0.0589. The van der Waals surface area contributed by atoms with Gasteiger partial charge in [0.15, 0.2) is 0 Å². The maximum absolute atomic E-state index is 13.1. The fourth-order valence-corrected chi connectivity index (χ4v) is 6.70. The molecule has 2 aromatic rings. The highest BCUT2D eigenvalue weighted by atomic mass is 35.5. The molecule has 0 radical (unpaired) electrons. The van der Waals surface area contributed by atoms with Crippen LogP contribution in [-0.2, 0) is 11.8 Å². The normalized spacial score (nSPS) is 32.3. The van der Waals surface area contributed by atoms with E-state index in [0.29, 0.717) is 28.5 Å². The molecule has 6 rings (SSSR count). The Hall–Kier alpha value is -2.27. The van der Waals surface area contributed by atoms with Gasteiger partial charge < -0.3 is 15.6 Å². The van der Waals surface area contributed by atoms with Gasteiger partial charge in [0.2, 0.25) is 5.91 Å². The van der Waals surface area contributed by atoms with Gasteiger partial charge in [0.05, 0.1) is 0 Å². The monoisotopic (exact) mass is 411 g/mol. The van der Waals surface area contributed by atoms with E-state index in [2.05, 4.69) is 5.32 Å². The van der Waals surface area contributed by atoms with Crippen LogP contribution < -0.4 is 11.1 Å². The van der Waals surface area contributed by atoms with E-state index in [1.165, 1.54) is 0 Å². The van der Waals surface area contributed by atoms with Crippen molar-refractivity contribution in [3.63, 3.8) is 0 Å². The average Bonchev–Trinajstić information content (AvgIpc) is 3.05. The molecule has 6 heteroatoms. The Labute approximate surface area is 175 Å². The molecule has 0 aliphatic heterocycles. The van der Waals surface area contributed by atoms with E-state index >= 15 is 0 Å². The Bertz CT molecular complexity index is 982. The smallest absolute Gasteiger partial charge is 0.268 e. The summed E-state index contributed by atoms with van der Waals surface area (Å²) in [5.41, 5.74) is 7.90. The van der Waals surface area contributed by atoms with Gasteiger partial charge in [-0.3, -0.25) is 9.59 Å². The van der Waals surface area contributed by atoms with Crippen molar-refractivity contribution in [3.05, 3.63) is 47.1 Å². The van der Waals surface area contributed by atoms with Crippen molar-refractivity contribution in [3.8, 4) is 11.3 Å². The first-order chi connectivity index (χ1) is 13.9. The van der Waals surface area contributed by atoms with Crippen LogP contribution in [-0.4, -0.2) is 22.4 Å². The van der Waals surface area contributed by atoms with Gasteiger partial charge in [0.25, 0.3) is 5.91 Å². The molecular weight excluding hydrogens is 386 g/mol. The molecule has 2 atom stereocenters. The van der Waals surface area contributed by atoms with Crippen molar-refractivity contribution in [1.82, 2.24) is 9.88 Å². The number of benzene rings is 1. The van der Waals surface area contributed by atoms with Gasteiger partial charge in [-0.25, -0.2) is 0 Å². The summed E-state index contributed by atoms with van der Waals surface area (Å²) in [5.74, 6) is 1.07. The first-order valence-corrected chi connectivity index (χ1v) is 10.8. The van der Waals surface area contributed by atoms with Gasteiger partial charge in [-0.1, -0.05) is 29.8 Å². The molecule has 152 valence electrons. The molecule has 1 aromatic heterocycles. The summed E-state index contributed by atoms with van der Waals surface area (Å²) in [5, 5.41) is 3.98. The summed E-state index contributed by atoms with van der Waals surface area (Å²) in [6, 6.07) is 11.6. The third-order valence-corrected chi connectivity index (χ3v) is 7.93. The lowest BCUT2D eigenvalue weighted by molar-refractivity contribution is -0.145. The number of amides is 2. The second-order valence-electron chi connectivity index (χ2n) is 9.26. The molecule has 1 aromatic carbocycles. The van der Waals surface area contributed by atoms with Crippen molar-refractivity contribution in [2.45, 2.75) is 38.1 Å². The summed E-state index contributed by atoms with van der Waals surface area (Å²) in [6.07, 6.45) is 4.76. The number of nitrogens with two attached hydrogens (primary N) is 1. The minimum Gasteiger partial charge on any atom is -0.369 e. The van der Waals surface area contributed by atoms with Crippen LogP contribution in [0.2, 0.25) is 5.02 Å². The molecule has 5 nitrogen and oxygen atoms in total. The van der Waals surface area contributed by atoms with Crippen LogP contribution in [0.4, 0.5) is 0 Å². The summed E-state index contributed by atoms with van der Waals surface area (Å²) < 4.78 is 1.90. The van der Waals surface area contributed by atoms with Crippen LogP contribution in [0, 0.1) is 23.2 Å². The largest absolute Gasteiger partial charge is 0.369 e. The highest BCUT2D eigenvalue weighted by Crippen LogP contribution is 2.59. The lowest BCUT2D eigenvalue weighted by Crippen LogP contribution is -2.62. The third kappa shape index (κ3) is 2.90. The van der Waals surface area contributed by atoms with Crippen molar-refractivity contribution >= 4 is 23.4 Å². The van der Waals surface area contributed by atoms with Gasteiger partial charge in [0, 0.05) is 34.8 Å². The SMILES string of the molecule is Cn1c(C(=O)N[C@H]2C3CC4CC2C[C@](C(N)=O)(C4)C3)ccc1-c1ccccc1Cl. The van der Waals surface area contributed by atoms with E-state index in [9.17, 15) is 9.59 Å². The zero-order valence-corrected chi connectivity index (χ0v) is 17.3. The minimum atomic E-state index is -0.333. The molecule has 4 fully saturated rings. The molecule has 0 spiro atoms. The molecule has 4 bridgehead atoms. The fourth-order valence-electron chi connectivity index (χ4n) is 6.47. The summed E-state index contributed by atoms with van der Waals surface area (Å²) in [4.78, 5) is 25.3. The van der Waals surface area contributed by atoms with Gasteiger partial charge in [0.1, 0.15) is 5.69 Å². The molecule has 2 unspecified atom stereocenters. The van der Waals surface area contributed by atoms with Gasteiger partial charge in [-0.2, -0.15) is 0 Å². The van der Waals surface area contributed by atoms with Crippen LogP contribution in [0.5, 0.6) is 0 Å². The van der Waals surface area contributed by atoms with Crippen molar-refractivity contribution < 1.29 is 9.59 Å². The maximum atomic E-state index is 13.1. The molecule has 0 saturated heterocycles. The van der Waals surface area contributed by atoms with Crippen molar-refractivity contribution in [2.75, 3.05) is 0 Å². The van der Waals surface area contributed by atoms with Crippen molar-refractivity contribution in [2.24, 2.45) is 36.0 Å². The zero-order valence-electron chi connectivity index (χ0n) is 16.5. The molecule has 29 heavy (non-hydrogen) atoms. The topological polar surface area (TPSA) is 77.1 Å². The first kappa shape index (κ1) is 18.7.